The number of ether oxygens (including phenoxy) is 2. The summed E-state index contributed by atoms with van der Waals surface area (Å²) in [5.74, 6) is 2.23. The van der Waals surface area contributed by atoms with Crippen molar-refractivity contribution in [1.29, 1.82) is 0 Å². The zero-order valence-corrected chi connectivity index (χ0v) is 14.5. The molecule has 0 saturated heterocycles. The van der Waals surface area contributed by atoms with Crippen LogP contribution in [0.5, 0.6) is 17.2 Å². The van der Waals surface area contributed by atoms with Gasteiger partial charge in [-0.3, -0.25) is 0 Å². The summed E-state index contributed by atoms with van der Waals surface area (Å²) >= 11 is 0. The molecule has 138 valence electrons. The fourth-order valence-electron chi connectivity index (χ4n) is 3.15. The molecule has 0 radical (unpaired) electrons. The summed E-state index contributed by atoms with van der Waals surface area (Å²) in [4.78, 5) is 10.4. The van der Waals surface area contributed by atoms with Crippen molar-refractivity contribution in [3.8, 4) is 17.2 Å². The highest BCUT2D eigenvalue weighted by Crippen LogP contribution is 2.31. The Balaban J connectivity index is 1.29. The van der Waals surface area contributed by atoms with Gasteiger partial charge in [-0.25, -0.2) is 0 Å². The summed E-state index contributed by atoms with van der Waals surface area (Å²) in [6.45, 7) is 2.09. The third-order valence-corrected chi connectivity index (χ3v) is 4.58. The molecule has 6 heteroatoms. The van der Waals surface area contributed by atoms with E-state index in [9.17, 15) is 5.11 Å². The Morgan fingerprint density at radius 1 is 1.12 bits per heavy atom. The van der Waals surface area contributed by atoms with Gasteiger partial charge in [0.2, 0.25) is 0 Å². The van der Waals surface area contributed by atoms with E-state index in [1.54, 1.807) is 0 Å². The van der Waals surface area contributed by atoms with Gasteiger partial charge >= 0.3 is 0 Å². The molecule has 26 heavy (non-hydrogen) atoms. The fraction of sp³-hybridized carbons (Fsp3) is 0.400. The second-order valence-corrected chi connectivity index (χ2v) is 6.55. The minimum atomic E-state index is -0.635. The van der Waals surface area contributed by atoms with E-state index in [0.29, 0.717) is 32.1 Å². The Morgan fingerprint density at radius 2 is 2.00 bits per heavy atom. The van der Waals surface area contributed by atoms with Crippen LogP contribution in [0.3, 0.4) is 0 Å². The Hall–Kier alpha value is -2.28. The van der Waals surface area contributed by atoms with Gasteiger partial charge in [-0.2, -0.15) is 4.89 Å². The van der Waals surface area contributed by atoms with Gasteiger partial charge in [-0.1, -0.05) is 24.3 Å². The molecule has 2 aliphatic rings. The summed E-state index contributed by atoms with van der Waals surface area (Å²) in [7, 11) is 0. The van der Waals surface area contributed by atoms with Crippen LogP contribution in [0.25, 0.3) is 0 Å². The average Bonchev–Trinajstić information content (AvgIpc) is 2.92. The fourth-order valence-corrected chi connectivity index (χ4v) is 3.15. The summed E-state index contributed by atoms with van der Waals surface area (Å²) in [5.41, 5.74) is 1.91. The van der Waals surface area contributed by atoms with Crippen LogP contribution in [0.4, 0.5) is 0 Å². The van der Waals surface area contributed by atoms with E-state index in [0.717, 1.165) is 35.5 Å². The minimum absolute atomic E-state index is 0.0825. The minimum Gasteiger partial charge on any atom is -0.486 e. The van der Waals surface area contributed by atoms with E-state index >= 15 is 0 Å². The maximum atomic E-state index is 10.4. The molecule has 2 aromatic rings. The lowest BCUT2D eigenvalue weighted by atomic mass is 10.0. The van der Waals surface area contributed by atoms with Gasteiger partial charge in [0.05, 0.1) is 12.7 Å². The van der Waals surface area contributed by atoms with Crippen LogP contribution in [0, 0.1) is 0 Å². The highest BCUT2D eigenvalue weighted by Gasteiger charge is 2.21. The summed E-state index contributed by atoms with van der Waals surface area (Å²) in [5, 5.41) is 13.7. The Kier molecular flexibility index (Phi) is 5.24. The lowest BCUT2D eigenvalue weighted by Crippen LogP contribution is -2.39. The number of hydrogen-bond donors (Lipinski definition) is 2. The largest absolute Gasteiger partial charge is 0.486 e. The second-order valence-electron chi connectivity index (χ2n) is 6.55. The molecule has 0 saturated carbocycles. The maximum absolute atomic E-state index is 10.4. The number of nitrogens with one attached hydrogen (secondary N) is 1. The van der Waals surface area contributed by atoms with Gasteiger partial charge in [0.1, 0.15) is 12.7 Å². The molecule has 0 aliphatic carbocycles. The van der Waals surface area contributed by atoms with Crippen LogP contribution in [-0.4, -0.2) is 37.5 Å². The molecule has 4 rings (SSSR count). The number of para-hydroxylation sites is 2. The molecule has 2 N–H and O–H groups in total. The van der Waals surface area contributed by atoms with E-state index in [1.807, 2.05) is 42.5 Å². The first-order chi connectivity index (χ1) is 12.8. The SMILES string of the molecule is OC(CNCC1COc2ccccc2O1)c1ccc2c(c1)OOCCC2. The predicted octanol–water partition coefficient (Wildman–Crippen LogP) is 2.41. The predicted molar refractivity (Wildman–Crippen MR) is 95.5 cm³/mol. The molecule has 2 heterocycles. The number of benzene rings is 2. The van der Waals surface area contributed by atoms with Crippen LogP contribution < -0.4 is 19.7 Å². The highest BCUT2D eigenvalue weighted by molar-refractivity contribution is 5.41. The first-order valence-electron chi connectivity index (χ1n) is 8.99. The van der Waals surface area contributed by atoms with Gasteiger partial charge in [0, 0.05) is 13.1 Å². The summed E-state index contributed by atoms with van der Waals surface area (Å²) < 4.78 is 11.6. The normalized spacial score (nSPS) is 19.8. The Morgan fingerprint density at radius 3 is 2.92 bits per heavy atom. The first-order valence-corrected chi connectivity index (χ1v) is 8.99. The van der Waals surface area contributed by atoms with E-state index in [1.165, 1.54) is 0 Å². The van der Waals surface area contributed by atoms with Crippen molar-refractivity contribution in [3.63, 3.8) is 0 Å². The summed E-state index contributed by atoms with van der Waals surface area (Å²) in [6, 6.07) is 13.4. The van der Waals surface area contributed by atoms with Crippen molar-refractivity contribution < 1.29 is 24.4 Å². The van der Waals surface area contributed by atoms with Gasteiger partial charge in [0.15, 0.2) is 17.2 Å². The van der Waals surface area contributed by atoms with Gasteiger partial charge in [0.25, 0.3) is 0 Å². The first kappa shape index (κ1) is 17.1. The van der Waals surface area contributed by atoms with Crippen LogP contribution in [0.15, 0.2) is 42.5 Å². The van der Waals surface area contributed by atoms with E-state index in [4.69, 9.17) is 19.2 Å². The highest BCUT2D eigenvalue weighted by atomic mass is 17.2. The van der Waals surface area contributed by atoms with Crippen molar-refractivity contribution in [2.45, 2.75) is 25.0 Å². The molecule has 0 bridgehead atoms. The van der Waals surface area contributed by atoms with E-state index in [2.05, 4.69) is 5.32 Å². The zero-order chi connectivity index (χ0) is 17.8. The third kappa shape index (κ3) is 3.93. The molecule has 2 aliphatic heterocycles. The molecule has 6 nitrogen and oxygen atoms in total. The molecule has 2 atom stereocenters. The van der Waals surface area contributed by atoms with Crippen molar-refractivity contribution >= 4 is 0 Å². The number of fused-ring (bicyclic) bond motifs is 2. The summed E-state index contributed by atoms with van der Waals surface area (Å²) in [6.07, 6.45) is 1.14. The Bertz CT molecular complexity index is 751. The molecule has 2 aromatic carbocycles. The molecule has 0 aromatic heterocycles. The number of hydrogen-bond acceptors (Lipinski definition) is 6. The number of aryl methyl sites for hydroxylation is 1. The van der Waals surface area contributed by atoms with Crippen molar-refractivity contribution in [3.05, 3.63) is 53.6 Å². The Labute approximate surface area is 152 Å². The van der Waals surface area contributed by atoms with Crippen LogP contribution in [0.1, 0.15) is 23.7 Å². The molecular formula is C20H23NO5. The zero-order valence-electron chi connectivity index (χ0n) is 14.5. The third-order valence-electron chi connectivity index (χ3n) is 4.58. The number of aliphatic hydroxyl groups is 1. The smallest absolute Gasteiger partial charge is 0.168 e. The molecular weight excluding hydrogens is 334 g/mol. The van der Waals surface area contributed by atoms with Crippen LogP contribution in [0.2, 0.25) is 0 Å². The van der Waals surface area contributed by atoms with Crippen molar-refractivity contribution in [1.82, 2.24) is 5.32 Å². The lowest BCUT2D eigenvalue weighted by Gasteiger charge is -2.27. The van der Waals surface area contributed by atoms with Gasteiger partial charge in [-0.15, -0.1) is 0 Å². The van der Waals surface area contributed by atoms with Gasteiger partial charge in [-0.05, 0) is 42.2 Å². The topological polar surface area (TPSA) is 69.2 Å². The maximum Gasteiger partial charge on any atom is 0.168 e. The molecule has 0 amide bonds. The van der Waals surface area contributed by atoms with E-state index in [-0.39, 0.29) is 6.10 Å². The quantitative estimate of drug-likeness (QED) is 0.801. The van der Waals surface area contributed by atoms with Crippen molar-refractivity contribution in [2.75, 3.05) is 26.3 Å². The number of aliphatic hydroxyl groups excluding tert-OH is 1. The monoisotopic (exact) mass is 357 g/mol. The second kappa shape index (κ2) is 7.95. The van der Waals surface area contributed by atoms with Crippen LogP contribution >= 0.6 is 0 Å². The standard InChI is InChI=1S/C20H23NO5/c22-17(15-8-7-14-4-3-9-24-26-20(14)10-15)12-21-11-16-13-23-18-5-1-2-6-19(18)25-16/h1-2,5-8,10,16-17,21-22H,3-4,9,11-13H2. The van der Waals surface area contributed by atoms with Crippen molar-refractivity contribution in [2.24, 2.45) is 0 Å². The van der Waals surface area contributed by atoms with Crippen LogP contribution in [-0.2, 0) is 11.3 Å². The van der Waals surface area contributed by atoms with Gasteiger partial charge < -0.3 is 24.8 Å². The average molecular weight is 357 g/mol. The van der Waals surface area contributed by atoms with E-state index < -0.39 is 6.10 Å². The lowest BCUT2D eigenvalue weighted by molar-refractivity contribution is -0.203. The molecule has 2 unspecified atom stereocenters. The molecule has 0 spiro atoms. The number of rotatable bonds is 5. The molecule has 0 fully saturated rings.